The normalized spacial score (nSPS) is 15.4. The SMILES string of the molecule is CSc1nc(-c2ccco2)nc(C)c1C(=O)N1CC(F)(c2cccnc2)C1. The van der Waals surface area contributed by atoms with E-state index >= 15 is 4.39 Å². The van der Waals surface area contributed by atoms with Crippen LogP contribution >= 0.6 is 11.8 Å². The summed E-state index contributed by atoms with van der Waals surface area (Å²) >= 11 is 1.35. The molecular formula is C19H17FN4O2S. The molecule has 0 spiro atoms. The molecule has 0 unspecified atom stereocenters. The molecule has 6 nitrogen and oxygen atoms in total. The standard InChI is InChI=1S/C19H17FN4O2S/c1-12-15(17(27-2)23-16(22-12)14-6-4-8-26-14)18(25)24-10-19(20,11-24)13-5-3-7-21-9-13/h3-9H,10-11H2,1-2H3. The van der Waals surface area contributed by atoms with E-state index in [1.807, 2.05) is 6.26 Å². The number of hydrogen-bond acceptors (Lipinski definition) is 6. The zero-order valence-corrected chi connectivity index (χ0v) is 15.7. The fourth-order valence-electron chi connectivity index (χ4n) is 3.13. The van der Waals surface area contributed by atoms with Gasteiger partial charge in [0.05, 0.1) is 30.6 Å². The number of hydrogen-bond donors (Lipinski definition) is 0. The molecule has 1 fully saturated rings. The number of aromatic nitrogens is 3. The van der Waals surface area contributed by atoms with E-state index in [1.54, 1.807) is 43.6 Å². The third-order valence-corrected chi connectivity index (χ3v) is 5.24. The van der Waals surface area contributed by atoms with E-state index in [0.29, 0.717) is 33.4 Å². The zero-order valence-electron chi connectivity index (χ0n) is 14.8. The number of nitrogens with zero attached hydrogens (tertiary/aromatic N) is 4. The Kier molecular flexibility index (Phi) is 4.43. The molecule has 1 aliphatic rings. The van der Waals surface area contributed by atoms with Gasteiger partial charge in [-0.2, -0.15) is 0 Å². The molecular weight excluding hydrogens is 367 g/mol. The number of carbonyl (C=O) groups is 1. The molecule has 0 atom stereocenters. The Morgan fingerprint density at radius 3 is 2.74 bits per heavy atom. The van der Waals surface area contributed by atoms with Gasteiger partial charge in [-0.15, -0.1) is 11.8 Å². The molecule has 1 aliphatic heterocycles. The maximum atomic E-state index is 15.0. The first kappa shape index (κ1) is 17.7. The van der Waals surface area contributed by atoms with E-state index in [0.717, 1.165) is 0 Å². The number of aryl methyl sites for hydroxylation is 1. The van der Waals surface area contributed by atoms with Gasteiger partial charge in [-0.25, -0.2) is 14.4 Å². The second-order valence-corrected chi connectivity index (χ2v) is 7.16. The second kappa shape index (κ2) is 6.77. The molecule has 0 aromatic carbocycles. The fourth-order valence-corrected chi connectivity index (χ4v) is 3.74. The lowest BCUT2D eigenvalue weighted by Gasteiger charge is -2.44. The highest BCUT2D eigenvalue weighted by molar-refractivity contribution is 7.98. The number of halogens is 1. The third-order valence-electron chi connectivity index (χ3n) is 4.55. The number of amides is 1. The number of rotatable bonds is 4. The summed E-state index contributed by atoms with van der Waals surface area (Å²) in [4.78, 5) is 27.3. The highest BCUT2D eigenvalue weighted by atomic mass is 32.2. The van der Waals surface area contributed by atoms with Crippen molar-refractivity contribution in [3.63, 3.8) is 0 Å². The van der Waals surface area contributed by atoms with Crippen molar-refractivity contribution >= 4 is 17.7 Å². The summed E-state index contributed by atoms with van der Waals surface area (Å²) < 4.78 is 20.4. The van der Waals surface area contributed by atoms with Gasteiger partial charge in [-0.1, -0.05) is 6.07 Å². The van der Waals surface area contributed by atoms with Gasteiger partial charge in [-0.05, 0) is 31.4 Å². The van der Waals surface area contributed by atoms with E-state index < -0.39 is 5.67 Å². The number of pyridine rings is 1. The fraction of sp³-hybridized carbons (Fsp3) is 0.263. The van der Waals surface area contributed by atoms with E-state index in [9.17, 15) is 4.79 Å². The summed E-state index contributed by atoms with van der Waals surface area (Å²) in [6, 6.07) is 6.90. The van der Waals surface area contributed by atoms with Crippen molar-refractivity contribution in [1.82, 2.24) is 19.9 Å². The number of furan rings is 1. The highest BCUT2D eigenvalue weighted by Crippen LogP contribution is 2.37. The predicted molar refractivity (Wildman–Crippen MR) is 99.2 cm³/mol. The maximum absolute atomic E-state index is 15.0. The smallest absolute Gasteiger partial charge is 0.258 e. The average Bonchev–Trinajstić information content (AvgIpc) is 3.19. The van der Waals surface area contributed by atoms with Crippen LogP contribution in [0.5, 0.6) is 0 Å². The van der Waals surface area contributed by atoms with Crippen LogP contribution in [0.2, 0.25) is 0 Å². The van der Waals surface area contributed by atoms with Crippen LogP contribution < -0.4 is 0 Å². The molecule has 138 valence electrons. The topological polar surface area (TPSA) is 72.1 Å². The van der Waals surface area contributed by atoms with Crippen molar-refractivity contribution in [3.05, 3.63) is 59.7 Å². The Morgan fingerprint density at radius 1 is 1.30 bits per heavy atom. The molecule has 3 aromatic heterocycles. The van der Waals surface area contributed by atoms with Crippen LogP contribution in [-0.4, -0.2) is 45.1 Å². The van der Waals surface area contributed by atoms with Gasteiger partial charge in [0.1, 0.15) is 5.03 Å². The summed E-state index contributed by atoms with van der Waals surface area (Å²) in [5, 5.41) is 0.552. The first-order chi connectivity index (χ1) is 13.0. The average molecular weight is 384 g/mol. The minimum absolute atomic E-state index is 0.00920. The Labute approximate surface area is 159 Å². The van der Waals surface area contributed by atoms with E-state index in [-0.39, 0.29) is 19.0 Å². The number of alkyl halides is 1. The van der Waals surface area contributed by atoms with Crippen molar-refractivity contribution in [2.75, 3.05) is 19.3 Å². The molecule has 1 amide bonds. The third kappa shape index (κ3) is 3.10. The monoisotopic (exact) mass is 384 g/mol. The van der Waals surface area contributed by atoms with Crippen molar-refractivity contribution in [2.24, 2.45) is 0 Å². The molecule has 0 bridgehead atoms. The van der Waals surface area contributed by atoms with Crippen LogP contribution in [0.25, 0.3) is 11.6 Å². The minimum Gasteiger partial charge on any atom is -0.461 e. The Hall–Kier alpha value is -2.74. The highest BCUT2D eigenvalue weighted by Gasteiger charge is 2.48. The lowest BCUT2D eigenvalue weighted by molar-refractivity contribution is -0.0236. The minimum atomic E-state index is -1.56. The Balaban J connectivity index is 1.60. The van der Waals surface area contributed by atoms with Crippen molar-refractivity contribution in [3.8, 4) is 11.6 Å². The molecule has 1 saturated heterocycles. The molecule has 4 rings (SSSR count). The van der Waals surface area contributed by atoms with Crippen LogP contribution in [0.1, 0.15) is 21.6 Å². The summed E-state index contributed by atoms with van der Waals surface area (Å²) in [5.74, 6) is 0.702. The van der Waals surface area contributed by atoms with Crippen LogP contribution in [0, 0.1) is 6.92 Å². The molecule has 0 saturated carbocycles. The molecule has 3 aromatic rings. The van der Waals surface area contributed by atoms with Gasteiger partial charge >= 0.3 is 0 Å². The quantitative estimate of drug-likeness (QED) is 0.507. The lowest BCUT2D eigenvalue weighted by atomic mass is 9.88. The first-order valence-electron chi connectivity index (χ1n) is 8.37. The molecule has 0 N–H and O–H groups in total. The molecule has 27 heavy (non-hydrogen) atoms. The molecule has 0 radical (unpaired) electrons. The van der Waals surface area contributed by atoms with Crippen LogP contribution in [-0.2, 0) is 5.67 Å². The van der Waals surface area contributed by atoms with Crippen molar-refractivity contribution < 1.29 is 13.6 Å². The van der Waals surface area contributed by atoms with E-state index in [2.05, 4.69) is 15.0 Å². The first-order valence-corrected chi connectivity index (χ1v) is 9.59. The van der Waals surface area contributed by atoms with E-state index in [4.69, 9.17) is 4.42 Å². The van der Waals surface area contributed by atoms with Crippen molar-refractivity contribution in [2.45, 2.75) is 17.6 Å². The largest absolute Gasteiger partial charge is 0.461 e. The number of thioether (sulfide) groups is 1. The lowest BCUT2D eigenvalue weighted by Crippen LogP contribution is -2.59. The Morgan fingerprint density at radius 2 is 2.11 bits per heavy atom. The summed E-state index contributed by atoms with van der Waals surface area (Å²) in [6.45, 7) is 1.74. The van der Waals surface area contributed by atoms with Crippen LogP contribution in [0.3, 0.4) is 0 Å². The van der Waals surface area contributed by atoms with Gasteiger partial charge in [0, 0.05) is 18.0 Å². The second-order valence-electron chi connectivity index (χ2n) is 6.36. The van der Waals surface area contributed by atoms with Crippen molar-refractivity contribution in [1.29, 1.82) is 0 Å². The van der Waals surface area contributed by atoms with Gasteiger partial charge in [0.25, 0.3) is 5.91 Å². The predicted octanol–water partition coefficient (Wildman–Crippen LogP) is 3.48. The number of likely N-dealkylation sites (tertiary alicyclic amines) is 1. The van der Waals surface area contributed by atoms with E-state index in [1.165, 1.54) is 22.9 Å². The maximum Gasteiger partial charge on any atom is 0.258 e. The summed E-state index contributed by atoms with van der Waals surface area (Å²) in [7, 11) is 0. The summed E-state index contributed by atoms with van der Waals surface area (Å²) in [5.41, 5.74) is -0.124. The summed E-state index contributed by atoms with van der Waals surface area (Å²) in [6.07, 6.45) is 6.49. The molecule has 8 heteroatoms. The number of carbonyl (C=O) groups excluding carboxylic acids is 1. The Bertz CT molecular complexity index is 973. The zero-order chi connectivity index (χ0) is 19.0. The molecule has 0 aliphatic carbocycles. The van der Waals surface area contributed by atoms with Gasteiger partial charge in [0.2, 0.25) is 0 Å². The molecule has 4 heterocycles. The van der Waals surface area contributed by atoms with Crippen LogP contribution in [0.4, 0.5) is 4.39 Å². The van der Waals surface area contributed by atoms with Gasteiger partial charge in [0.15, 0.2) is 17.3 Å². The van der Waals surface area contributed by atoms with Gasteiger partial charge < -0.3 is 9.32 Å². The van der Waals surface area contributed by atoms with Crippen LogP contribution in [0.15, 0.2) is 52.4 Å². The van der Waals surface area contributed by atoms with Gasteiger partial charge in [-0.3, -0.25) is 9.78 Å².